The number of hydrogen-bond donors (Lipinski definition) is 1. The van der Waals surface area contributed by atoms with Crippen molar-refractivity contribution in [1.82, 2.24) is 0 Å². The molecule has 0 bridgehead atoms. The Morgan fingerprint density at radius 3 is 2.38 bits per heavy atom. The van der Waals surface area contributed by atoms with E-state index < -0.39 is 11.8 Å². The van der Waals surface area contributed by atoms with Gasteiger partial charge in [0.05, 0.1) is 17.9 Å². The van der Waals surface area contributed by atoms with Crippen molar-refractivity contribution in [3.63, 3.8) is 0 Å². The van der Waals surface area contributed by atoms with Gasteiger partial charge in [-0.05, 0) is 48.2 Å². The minimum atomic E-state index is -0.423. The van der Waals surface area contributed by atoms with Crippen molar-refractivity contribution in [1.29, 1.82) is 0 Å². The summed E-state index contributed by atoms with van der Waals surface area (Å²) in [7, 11) is 0. The van der Waals surface area contributed by atoms with Crippen LogP contribution < -0.4 is 15.0 Å². The molecule has 1 aliphatic heterocycles. The minimum absolute atomic E-state index is 0.203. The molecule has 0 saturated heterocycles. The van der Waals surface area contributed by atoms with Gasteiger partial charge >= 0.3 is 0 Å². The second kappa shape index (κ2) is 9.04. The molecule has 1 aliphatic rings. The van der Waals surface area contributed by atoms with Crippen molar-refractivity contribution in [2.75, 3.05) is 16.8 Å². The standard InChI is InChI=1S/C28H21ClN2O3/c1-2-34-22-10-6-9-21(17-22)30-26-25(19-13-15-20(29)16-14-19)27(32)31(28(26)33)24-12-5-8-18-7-3-4-11-23(18)24/h3-17,30H,2H2,1H3. The Morgan fingerprint density at radius 1 is 0.853 bits per heavy atom. The molecule has 0 radical (unpaired) electrons. The Kier molecular flexibility index (Phi) is 5.78. The predicted molar refractivity (Wildman–Crippen MR) is 136 cm³/mol. The quantitative estimate of drug-likeness (QED) is 0.338. The Balaban J connectivity index is 1.63. The fourth-order valence-corrected chi connectivity index (χ4v) is 4.25. The number of amides is 2. The summed E-state index contributed by atoms with van der Waals surface area (Å²) in [6.45, 7) is 2.43. The lowest BCUT2D eigenvalue weighted by atomic mass is 10.0. The van der Waals surface area contributed by atoms with Gasteiger partial charge in [-0.15, -0.1) is 0 Å². The van der Waals surface area contributed by atoms with Crippen molar-refractivity contribution in [2.45, 2.75) is 6.92 Å². The molecule has 4 aromatic carbocycles. The van der Waals surface area contributed by atoms with Crippen molar-refractivity contribution >= 4 is 51.1 Å². The minimum Gasteiger partial charge on any atom is -0.494 e. The van der Waals surface area contributed by atoms with E-state index in [2.05, 4.69) is 5.32 Å². The van der Waals surface area contributed by atoms with Crippen LogP contribution in [0.25, 0.3) is 16.3 Å². The number of hydrogen-bond acceptors (Lipinski definition) is 4. The van der Waals surface area contributed by atoms with Crippen molar-refractivity contribution in [3.05, 3.63) is 107 Å². The van der Waals surface area contributed by atoms with Crippen LogP contribution in [-0.4, -0.2) is 18.4 Å². The van der Waals surface area contributed by atoms with Crippen LogP contribution in [0, 0.1) is 0 Å². The summed E-state index contributed by atoms with van der Waals surface area (Å²) in [5, 5.41) is 5.50. The molecule has 0 aromatic heterocycles. The Labute approximate surface area is 202 Å². The molecule has 168 valence electrons. The van der Waals surface area contributed by atoms with Crippen molar-refractivity contribution in [2.24, 2.45) is 0 Å². The molecule has 5 rings (SSSR count). The van der Waals surface area contributed by atoms with Gasteiger partial charge in [0, 0.05) is 22.2 Å². The molecule has 0 aliphatic carbocycles. The number of halogens is 1. The van der Waals surface area contributed by atoms with Crippen LogP contribution in [0.3, 0.4) is 0 Å². The first kappa shape index (κ1) is 21.7. The molecule has 0 unspecified atom stereocenters. The molecular formula is C28H21ClN2O3. The molecule has 34 heavy (non-hydrogen) atoms. The average molecular weight is 469 g/mol. The monoisotopic (exact) mass is 468 g/mol. The Morgan fingerprint density at radius 2 is 1.59 bits per heavy atom. The summed E-state index contributed by atoms with van der Waals surface area (Å²) >= 11 is 6.08. The number of carbonyl (C=O) groups is 2. The third kappa shape index (κ3) is 3.91. The molecule has 0 fully saturated rings. The zero-order valence-corrected chi connectivity index (χ0v) is 19.2. The number of imide groups is 1. The number of fused-ring (bicyclic) bond motifs is 1. The van der Waals surface area contributed by atoms with E-state index >= 15 is 0 Å². The maximum atomic E-state index is 13.8. The molecule has 6 heteroatoms. The number of rotatable bonds is 6. The number of anilines is 2. The first-order chi connectivity index (χ1) is 16.6. The average Bonchev–Trinajstić information content (AvgIpc) is 3.09. The fourth-order valence-electron chi connectivity index (χ4n) is 4.13. The van der Waals surface area contributed by atoms with Gasteiger partial charge in [-0.3, -0.25) is 9.59 Å². The molecule has 0 spiro atoms. The molecule has 5 nitrogen and oxygen atoms in total. The van der Waals surface area contributed by atoms with Gasteiger partial charge in [-0.1, -0.05) is 66.2 Å². The second-order valence-corrected chi connectivity index (χ2v) is 8.22. The zero-order chi connectivity index (χ0) is 23.7. The molecule has 0 saturated carbocycles. The summed E-state index contributed by atoms with van der Waals surface area (Å²) in [6.07, 6.45) is 0. The molecule has 2 amide bonds. The van der Waals surface area contributed by atoms with Gasteiger partial charge in [0.15, 0.2) is 0 Å². The smallest absolute Gasteiger partial charge is 0.282 e. The van der Waals surface area contributed by atoms with Crippen LogP contribution in [0.2, 0.25) is 5.02 Å². The van der Waals surface area contributed by atoms with E-state index in [-0.39, 0.29) is 11.3 Å². The Hall–Kier alpha value is -4.09. The normalized spacial score (nSPS) is 13.6. The maximum absolute atomic E-state index is 13.8. The number of ether oxygens (including phenoxy) is 1. The highest BCUT2D eigenvalue weighted by molar-refractivity contribution is 6.47. The van der Waals surface area contributed by atoms with Crippen LogP contribution in [0.15, 0.2) is 96.7 Å². The van der Waals surface area contributed by atoms with Gasteiger partial charge in [0.1, 0.15) is 11.4 Å². The third-order valence-electron chi connectivity index (χ3n) is 5.64. The van der Waals surface area contributed by atoms with Gasteiger partial charge in [-0.2, -0.15) is 0 Å². The molecule has 1 heterocycles. The zero-order valence-electron chi connectivity index (χ0n) is 18.4. The van der Waals surface area contributed by atoms with Crippen LogP contribution in [0.4, 0.5) is 11.4 Å². The van der Waals surface area contributed by atoms with E-state index in [1.807, 2.05) is 61.5 Å². The molecular weight excluding hydrogens is 448 g/mol. The van der Waals surface area contributed by atoms with Gasteiger partial charge in [-0.25, -0.2) is 4.90 Å². The summed E-state index contributed by atoms with van der Waals surface area (Å²) < 4.78 is 5.59. The summed E-state index contributed by atoms with van der Waals surface area (Å²) in [5.41, 5.74) is 2.28. The van der Waals surface area contributed by atoms with Gasteiger partial charge in [0.25, 0.3) is 11.8 Å². The Bertz CT molecular complexity index is 1440. The molecule has 1 N–H and O–H groups in total. The number of carbonyl (C=O) groups excluding carboxylic acids is 2. The van der Waals surface area contributed by atoms with Crippen LogP contribution in [0.1, 0.15) is 12.5 Å². The maximum Gasteiger partial charge on any atom is 0.282 e. The van der Waals surface area contributed by atoms with Crippen molar-refractivity contribution in [3.8, 4) is 5.75 Å². The largest absolute Gasteiger partial charge is 0.494 e. The first-order valence-corrected chi connectivity index (χ1v) is 11.3. The molecule has 4 aromatic rings. The van der Waals surface area contributed by atoms with E-state index in [0.717, 1.165) is 10.8 Å². The van der Waals surface area contributed by atoms with E-state index in [1.165, 1.54) is 4.90 Å². The first-order valence-electron chi connectivity index (χ1n) is 10.9. The van der Waals surface area contributed by atoms with Gasteiger partial charge in [0.2, 0.25) is 0 Å². The summed E-state index contributed by atoms with van der Waals surface area (Å²) in [6, 6.07) is 27.5. The van der Waals surface area contributed by atoms with Crippen LogP contribution in [0.5, 0.6) is 5.75 Å². The lowest BCUT2D eigenvalue weighted by Crippen LogP contribution is -2.32. The summed E-state index contributed by atoms with van der Waals surface area (Å²) in [4.78, 5) is 28.8. The van der Waals surface area contributed by atoms with E-state index in [9.17, 15) is 9.59 Å². The number of benzene rings is 4. The fraction of sp³-hybridized carbons (Fsp3) is 0.0714. The van der Waals surface area contributed by atoms with Crippen LogP contribution >= 0.6 is 11.6 Å². The predicted octanol–water partition coefficient (Wildman–Crippen LogP) is 6.29. The van der Waals surface area contributed by atoms with E-state index in [1.54, 1.807) is 36.4 Å². The highest BCUT2D eigenvalue weighted by Gasteiger charge is 2.40. The highest BCUT2D eigenvalue weighted by atomic mass is 35.5. The second-order valence-electron chi connectivity index (χ2n) is 7.79. The van der Waals surface area contributed by atoms with E-state index in [0.29, 0.717) is 34.3 Å². The lowest BCUT2D eigenvalue weighted by Gasteiger charge is -2.18. The molecule has 0 atom stereocenters. The van der Waals surface area contributed by atoms with Crippen molar-refractivity contribution < 1.29 is 14.3 Å². The van der Waals surface area contributed by atoms with E-state index in [4.69, 9.17) is 16.3 Å². The number of nitrogens with one attached hydrogen (secondary N) is 1. The lowest BCUT2D eigenvalue weighted by molar-refractivity contribution is -0.120. The highest BCUT2D eigenvalue weighted by Crippen LogP contribution is 2.37. The third-order valence-corrected chi connectivity index (χ3v) is 5.89. The topological polar surface area (TPSA) is 58.6 Å². The van der Waals surface area contributed by atoms with Crippen LogP contribution in [-0.2, 0) is 9.59 Å². The number of nitrogens with zero attached hydrogens (tertiary/aromatic N) is 1. The van der Waals surface area contributed by atoms with Gasteiger partial charge < -0.3 is 10.1 Å². The summed E-state index contributed by atoms with van der Waals surface area (Å²) in [5.74, 6) is -0.149. The SMILES string of the molecule is CCOc1cccc(NC2=C(c3ccc(Cl)cc3)C(=O)N(c3cccc4ccccc34)C2=O)c1.